The molecule has 5 nitrogen and oxygen atoms in total. The van der Waals surface area contributed by atoms with E-state index >= 15 is 0 Å². The number of imidazole rings is 1. The van der Waals surface area contributed by atoms with Crippen LogP contribution in [0.3, 0.4) is 0 Å². The summed E-state index contributed by atoms with van der Waals surface area (Å²) in [6.07, 6.45) is 1.62. The van der Waals surface area contributed by atoms with Crippen molar-refractivity contribution < 1.29 is 13.1 Å². The molecule has 0 fully saturated rings. The van der Waals surface area contributed by atoms with Gasteiger partial charge in [-0.25, -0.2) is 14.5 Å². The van der Waals surface area contributed by atoms with Gasteiger partial charge in [-0.05, 0) is 55.4 Å². The SMILES string of the molecule is [2H]C([2H])([2H])c1ncc2c(ccc3oc4c(-c5n(-c6c(C(C)C)cccc6C(C)C)c6ccccc6[n+]5C)c(C)ccc4c32)n1. The molecule has 0 aliphatic carbocycles. The van der Waals surface area contributed by atoms with Crippen LogP contribution < -0.4 is 4.57 Å². The van der Waals surface area contributed by atoms with Crippen LogP contribution in [0.2, 0.25) is 0 Å². The van der Waals surface area contributed by atoms with E-state index in [0.717, 1.165) is 49.7 Å². The molecule has 0 saturated carbocycles. The lowest BCUT2D eigenvalue weighted by Crippen LogP contribution is -2.30. The lowest BCUT2D eigenvalue weighted by Gasteiger charge is -2.18. The zero-order chi connectivity index (χ0) is 31.1. The second kappa shape index (κ2) is 9.27. The highest BCUT2D eigenvalue weighted by Gasteiger charge is 2.33. The summed E-state index contributed by atoms with van der Waals surface area (Å²) < 4.78 is 34.8. The first kappa shape index (κ1) is 22.2. The molecule has 4 aromatic carbocycles. The maximum absolute atomic E-state index is 7.78. The maximum atomic E-state index is 7.78. The number of rotatable bonds is 4. The molecule has 41 heavy (non-hydrogen) atoms. The van der Waals surface area contributed by atoms with Gasteiger partial charge in [0.25, 0.3) is 5.82 Å². The van der Waals surface area contributed by atoms with Gasteiger partial charge in [0.15, 0.2) is 16.6 Å². The van der Waals surface area contributed by atoms with Crippen molar-refractivity contribution >= 4 is 43.9 Å². The van der Waals surface area contributed by atoms with Crippen molar-refractivity contribution in [2.24, 2.45) is 7.05 Å². The van der Waals surface area contributed by atoms with E-state index in [1.165, 1.54) is 16.8 Å². The zero-order valence-electron chi connectivity index (χ0n) is 27.3. The predicted molar refractivity (Wildman–Crippen MR) is 168 cm³/mol. The minimum absolute atomic E-state index is 0.157. The van der Waals surface area contributed by atoms with Crippen molar-refractivity contribution in [1.82, 2.24) is 14.5 Å². The number of benzene rings is 4. The molecule has 0 saturated heterocycles. The molecular formula is C36H35N4O+. The quantitative estimate of drug-likeness (QED) is 0.209. The number of fused-ring (bicyclic) bond motifs is 6. The van der Waals surface area contributed by atoms with E-state index in [9.17, 15) is 0 Å². The largest absolute Gasteiger partial charge is 0.455 e. The topological polar surface area (TPSA) is 47.7 Å². The highest BCUT2D eigenvalue weighted by Crippen LogP contribution is 2.42. The van der Waals surface area contributed by atoms with Crippen LogP contribution >= 0.6 is 0 Å². The Balaban J connectivity index is 1.63. The normalized spacial score (nSPS) is 13.6. The number of hydrogen-bond donors (Lipinski definition) is 0. The highest BCUT2D eigenvalue weighted by molar-refractivity contribution is 6.20. The van der Waals surface area contributed by atoms with Gasteiger partial charge in [0.05, 0.1) is 12.6 Å². The number of furan rings is 1. The standard InChI is InChI=1S/C36H35N4O/c1-20(2)24-11-10-12-25(21(3)4)34(24)40-30-14-9-8-13-29(30)39(7)36(40)32-22(5)15-16-26-33-27-19-37-23(6)38-28(27)17-18-31(33)41-35(26)32/h8-21H,1-7H3/q+1/i6D3. The Morgan fingerprint density at radius 1 is 0.878 bits per heavy atom. The molecule has 0 aliphatic heterocycles. The van der Waals surface area contributed by atoms with Crippen LogP contribution in [-0.4, -0.2) is 14.5 Å². The Morgan fingerprint density at radius 3 is 2.37 bits per heavy atom. The van der Waals surface area contributed by atoms with Crippen LogP contribution in [0.4, 0.5) is 0 Å². The first-order valence-electron chi connectivity index (χ1n) is 15.7. The van der Waals surface area contributed by atoms with Crippen LogP contribution in [-0.2, 0) is 7.05 Å². The van der Waals surface area contributed by atoms with Crippen LogP contribution in [0.25, 0.3) is 61.0 Å². The molecule has 0 aliphatic rings. The molecule has 3 aromatic heterocycles. The average Bonchev–Trinajstić information content (AvgIpc) is 3.51. The number of aryl methyl sites for hydroxylation is 3. The lowest BCUT2D eigenvalue weighted by atomic mass is 9.92. The van der Waals surface area contributed by atoms with Crippen molar-refractivity contribution in [3.05, 3.63) is 95.4 Å². The third-order valence-corrected chi connectivity index (χ3v) is 8.38. The second-order valence-electron chi connectivity index (χ2n) is 11.6. The van der Waals surface area contributed by atoms with Gasteiger partial charge in [-0.15, -0.1) is 0 Å². The van der Waals surface area contributed by atoms with Gasteiger partial charge >= 0.3 is 0 Å². The summed E-state index contributed by atoms with van der Waals surface area (Å²) in [6, 6.07) is 23.2. The molecule has 7 aromatic rings. The summed E-state index contributed by atoms with van der Waals surface area (Å²) in [7, 11) is 2.13. The van der Waals surface area contributed by atoms with Gasteiger partial charge in [0.1, 0.15) is 22.7 Å². The summed E-state index contributed by atoms with van der Waals surface area (Å²) in [5.41, 5.74) is 10.2. The molecule has 0 radical (unpaired) electrons. The third-order valence-electron chi connectivity index (χ3n) is 8.38. The summed E-state index contributed by atoms with van der Waals surface area (Å²) in [5.74, 6) is 1.51. The fraction of sp³-hybridized carbons (Fsp3) is 0.250. The second-order valence-corrected chi connectivity index (χ2v) is 11.6. The fourth-order valence-electron chi connectivity index (χ4n) is 6.41. The van der Waals surface area contributed by atoms with Crippen LogP contribution in [0, 0.1) is 13.8 Å². The van der Waals surface area contributed by atoms with Crippen LogP contribution in [0.15, 0.2) is 77.3 Å². The number of hydrogen-bond acceptors (Lipinski definition) is 3. The summed E-state index contributed by atoms with van der Waals surface area (Å²) >= 11 is 0. The molecule has 0 atom stereocenters. The monoisotopic (exact) mass is 542 g/mol. The van der Waals surface area contributed by atoms with Crippen LogP contribution in [0.5, 0.6) is 0 Å². The maximum Gasteiger partial charge on any atom is 0.299 e. The Bertz CT molecular complexity index is 2230. The number of aromatic nitrogens is 4. The van der Waals surface area contributed by atoms with Gasteiger partial charge in [-0.2, -0.15) is 4.57 Å². The van der Waals surface area contributed by atoms with E-state index in [4.69, 9.17) is 8.53 Å². The molecule has 0 spiro atoms. The molecule has 5 heteroatoms. The molecule has 7 rings (SSSR count). The van der Waals surface area contributed by atoms with Crippen molar-refractivity contribution in [1.29, 1.82) is 0 Å². The molecule has 0 bridgehead atoms. The zero-order valence-corrected chi connectivity index (χ0v) is 24.3. The van der Waals surface area contributed by atoms with Crippen molar-refractivity contribution in [2.75, 3.05) is 0 Å². The molecule has 0 unspecified atom stereocenters. The summed E-state index contributed by atoms with van der Waals surface area (Å²) in [4.78, 5) is 8.65. The van der Waals surface area contributed by atoms with Crippen molar-refractivity contribution in [3.63, 3.8) is 0 Å². The van der Waals surface area contributed by atoms with E-state index < -0.39 is 6.85 Å². The lowest BCUT2D eigenvalue weighted by molar-refractivity contribution is -0.633. The smallest absolute Gasteiger partial charge is 0.299 e. The van der Waals surface area contributed by atoms with E-state index in [2.05, 4.69) is 115 Å². The Labute approximate surface area is 244 Å². The molecule has 0 amide bonds. The number of para-hydroxylation sites is 3. The van der Waals surface area contributed by atoms with Gasteiger partial charge in [0.2, 0.25) is 0 Å². The van der Waals surface area contributed by atoms with E-state index in [1.807, 2.05) is 12.1 Å². The van der Waals surface area contributed by atoms with Crippen molar-refractivity contribution in [3.8, 4) is 17.1 Å². The molecule has 204 valence electrons. The fourth-order valence-corrected chi connectivity index (χ4v) is 6.41. The summed E-state index contributed by atoms with van der Waals surface area (Å²) in [5, 5.41) is 2.59. The Kier molecular flexibility index (Phi) is 5.02. The minimum Gasteiger partial charge on any atom is -0.455 e. The molecule has 3 heterocycles. The molecular weight excluding hydrogens is 504 g/mol. The van der Waals surface area contributed by atoms with E-state index in [0.29, 0.717) is 22.9 Å². The Morgan fingerprint density at radius 2 is 1.63 bits per heavy atom. The third kappa shape index (κ3) is 3.72. The van der Waals surface area contributed by atoms with E-state index in [1.54, 1.807) is 6.20 Å². The average molecular weight is 543 g/mol. The van der Waals surface area contributed by atoms with Gasteiger partial charge in [0, 0.05) is 37.6 Å². The van der Waals surface area contributed by atoms with Crippen LogP contribution in [0.1, 0.15) is 66.2 Å². The Hall–Kier alpha value is -4.51. The first-order valence-corrected chi connectivity index (χ1v) is 14.2. The van der Waals surface area contributed by atoms with Gasteiger partial charge in [-0.1, -0.05) is 70.2 Å². The number of nitrogens with zero attached hydrogens (tertiary/aromatic N) is 4. The van der Waals surface area contributed by atoms with Gasteiger partial charge < -0.3 is 4.42 Å². The molecule has 0 N–H and O–H groups in total. The highest BCUT2D eigenvalue weighted by atomic mass is 16.3. The van der Waals surface area contributed by atoms with E-state index in [-0.39, 0.29) is 5.82 Å². The first-order chi connectivity index (χ1) is 21.0. The predicted octanol–water partition coefficient (Wildman–Crippen LogP) is 8.83. The van der Waals surface area contributed by atoms with Crippen molar-refractivity contribution in [2.45, 2.75) is 53.3 Å². The van der Waals surface area contributed by atoms with Gasteiger partial charge in [-0.3, -0.25) is 0 Å². The minimum atomic E-state index is -2.38. The summed E-state index contributed by atoms with van der Waals surface area (Å²) in [6.45, 7) is 8.77.